The molecule has 0 radical (unpaired) electrons. The fourth-order valence-corrected chi connectivity index (χ4v) is 3.90. The summed E-state index contributed by atoms with van der Waals surface area (Å²) in [5, 5.41) is 3.29. The van der Waals surface area contributed by atoms with Gasteiger partial charge in [-0.2, -0.15) is 0 Å². The van der Waals surface area contributed by atoms with Crippen molar-refractivity contribution in [3.8, 4) is 0 Å². The summed E-state index contributed by atoms with van der Waals surface area (Å²) in [5.41, 5.74) is 1.69. The maximum Gasteiger partial charge on any atom is 0.182 e. The SMILES string of the molecule is O=S1(=O)CC(c2ccccc2)Nc2ccccc21. The lowest BCUT2D eigenvalue weighted by Crippen LogP contribution is -2.27. The average molecular weight is 259 g/mol. The van der Waals surface area contributed by atoms with Crippen molar-refractivity contribution in [2.24, 2.45) is 0 Å². The van der Waals surface area contributed by atoms with E-state index in [0.29, 0.717) is 10.6 Å². The van der Waals surface area contributed by atoms with E-state index in [-0.39, 0.29) is 11.8 Å². The van der Waals surface area contributed by atoms with Crippen LogP contribution in [0.4, 0.5) is 5.69 Å². The Labute approximate surface area is 106 Å². The lowest BCUT2D eigenvalue weighted by Gasteiger charge is -2.27. The molecule has 1 atom stereocenters. The Hall–Kier alpha value is -1.81. The first-order valence-electron chi connectivity index (χ1n) is 5.80. The van der Waals surface area contributed by atoms with Crippen molar-refractivity contribution in [3.63, 3.8) is 0 Å². The van der Waals surface area contributed by atoms with Gasteiger partial charge in [0.1, 0.15) is 0 Å². The molecule has 0 saturated heterocycles. The van der Waals surface area contributed by atoms with Gasteiger partial charge in [0.15, 0.2) is 9.84 Å². The zero-order valence-electron chi connectivity index (χ0n) is 9.71. The fraction of sp³-hybridized carbons (Fsp3) is 0.143. The third-order valence-electron chi connectivity index (χ3n) is 3.14. The molecule has 1 aliphatic heterocycles. The summed E-state index contributed by atoms with van der Waals surface area (Å²) in [4.78, 5) is 0.400. The van der Waals surface area contributed by atoms with E-state index in [4.69, 9.17) is 0 Å². The van der Waals surface area contributed by atoms with Crippen LogP contribution in [0.1, 0.15) is 11.6 Å². The van der Waals surface area contributed by atoms with Crippen LogP contribution in [0.3, 0.4) is 0 Å². The number of nitrogens with one attached hydrogen (secondary N) is 1. The number of para-hydroxylation sites is 1. The minimum atomic E-state index is -3.20. The smallest absolute Gasteiger partial charge is 0.182 e. The average Bonchev–Trinajstić information content (AvgIpc) is 2.39. The quantitative estimate of drug-likeness (QED) is 0.856. The number of sulfone groups is 1. The number of rotatable bonds is 1. The summed E-state index contributed by atoms with van der Waals surface area (Å²) in [6.45, 7) is 0. The summed E-state index contributed by atoms with van der Waals surface area (Å²) < 4.78 is 24.4. The van der Waals surface area contributed by atoms with Crippen molar-refractivity contribution in [3.05, 3.63) is 60.2 Å². The molecule has 92 valence electrons. The van der Waals surface area contributed by atoms with E-state index in [0.717, 1.165) is 5.56 Å². The highest BCUT2D eigenvalue weighted by Gasteiger charge is 2.30. The molecule has 0 bridgehead atoms. The number of hydrogen-bond donors (Lipinski definition) is 1. The van der Waals surface area contributed by atoms with E-state index in [1.54, 1.807) is 12.1 Å². The molecule has 0 saturated carbocycles. The molecule has 1 unspecified atom stereocenters. The zero-order valence-corrected chi connectivity index (χ0v) is 10.5. The second-order valence-electron chi connectivity index (χ2n) is 4.39. The van der Waals surface area contributed by atoms with Gasteiger partial charge in [-0.1, -0.05) is 42.5 Å². The van der Waals surface area contributed by atoms with Gasteiger partial charge in [-0.05, 0) is 17.7 Å². The summed E-state index contributed by atoms with van der Waals surface area (Å²) in [5.74, 6) is 0.105. The number of fused-ring (bicyclic) bond motifs is 1. The van der Waals surface area contributed by atoms with Gasteiger partial charge in [-0.25, -0.2) is 8.42 Å². The predicted molar refractivity (Wildman–Crippen MR) is 71.3 cm³/mol. The van der Waals surface area contributed by atoms with Gasteiger partial charge in [-0.3, -0.25) is 0 Å². The lowest BCUT2D eigenvalue weighted by atomic mass is 10.1. The highest BCUT2D eigenvalue weighted by Crippen LogP contribution is 2.33. The van der Waals surface area contributed by atoms with Gasteiger partial charge in [0.2, 0.25) is 0 Å². The molecule has 0 spiro atoms. The third-order valence-corrected chi connectivity index (χ3v) is 4.94. The molecule has 1 N–H and O–H groups in total. The van der Waals surface area contributed by atoms with Crippen molar-refractivity contribution >= 4 is 15.5 Å². The Morgan fingerprint density at radius 3 is 2.39 bits per heavy atom. The largest absolute Gasteiger partial charge is 0.376 e. The molecule has 1 heterocycles. The van der Waals surface area contributed by atoms with Crippen LogP contribution in [0.5, 0.6) is 0 Å². The molecule has 3 nitrogen and oxygen atoms in total. The van der Waals surface area contributed by atoms with E-state index < -0.39 is 9.84 Å². The molecule has 2 aromatic carbocycles. The predicted octanol–water partition coefficient (Wildman–Crippen LogP) is 2.63. The Morgan fingerprint density at radius 2 is 1.61 bits per heavy atom. The third kappa shape index (κ3) is 1.88. The zero-order chi connectivity index (χ0) is 12.6. The number of benzene rings is 2. The van der Waals surface area contributed by atoms with Gasteiger partial charge < -0.3 is 5.32 Å². The van der Waals surface area contributed by atoms with Crippen LogP contribution in [-0.4, -0.2) is 14.2 Å². The van der Waals surface area contributed by atoms with Crippen molar-refractivity contribution in [1.29, 1.82) is 0 Å². The molecule has 1 aliphatic rings. The Bertz CT molecular complexity index is 665. The van der Waals surface area contributed by atoms with Gasteiger partial charge in [0, 0.05) is 0 Å². The second-order valence-corrected chi connectivity index (χ2v) is 6.39. The Kier molecular flexibility index (Phi) is 2.59. The van der Waals surface area contributed by atoms with Crippen LogP contribution >= 0.6 is 0 Å². The summed E-state index contributed by atoms with van der Waals surface area (Å²) >= 11 is 0. The highest BCUT2D eigenvalue weighted by molar-refractivity contribution is 7.91. The van der Waals surface area contributed by atoms with Crippen molar-refractivity contribution < 1.29 is 8.42 Å². The van der Waals surface area contributed by atoms with Crippen LogP contribution in [0, 0.1) is 0 Å². The standard InChI is InChI=1S/C14H13NO2S/c16-18(17)10-13(11-6-2-1-3-7-11)15-12-8-4-5-9-14(12)18/h1-9,13,15H,10H2. The lowest BCUT2D eigenvalue weighted by molar-refractivity contribution is 0.587. The van der Waals surface area contributed by atoms with Crippen LogP contribution in [-0.2, 0) is 9.84 Å². The Morgan fingerprint density at radius 1 is 0.944 bits per heavy atom. The molecule has 0 aliphatic carbocycles. The summed E-state index contributed by atoms with van der Waals surface area (Å²) in [6, 6.07) is 16.5. The maximum absolute atomic E-state index is 12.2. The van der Waals surface area contributed by atoms with Gasteiger partial charge in [0.25, 0.3) is 0 Å². The second kappa shape index (κ2) is 4.14. The topological polar surface area (TPSA) is 46.2 Å². The van der Waals surface area contributed by atoms with Crippen LogP contribution < -0.4 is 5.32 Å². The normalized spacial score (nSPS) is 20.8. The molecule has 0 amide bonds. The molecular formula is C14H13NO2S. The van der Waals surface area contributed by atoms with Crippen LogP contribution in [0.2, 0.25) is 0 Å². The van der Waals surface area contributed by atoms with Crippen LogP contribution in [0.25, 0.3) is 0 Å². The van der Waals surface area contributed by atoms with Gasteiger partial charge in [0.05, 0.1) is 22.4 Å². The molecule has 4 heteroatoms. The maximum atomic E-state index is 12.2. The summed E-state index contributed by atoms with van der Waals surface area (Å²) in [6.07, 6.45) is 0. The molecule has 0 fully saturated rings. The minimum Gasteiger partial charge on any atom is -0.376 e. The summed E-state index contributed by atoms with van der Waals surface area (Å²) in [7, 11) is -3.20. The molecule has 18 heavy (non-hydrogen) atoms. The van der Waals surface area contributed by atoms with Crippen LogP contribution in [0.15, 0.2) is 59.5 Å². The first-order chi connectivity index (χ1) is 8.67. The first-order valence-corrected chi connectivity index (χ1v) is 7.45. The molecule has 0 aromatic heterocycles. The fourth-order valence-electron chi connectivity index (χ4n) is 2.26. The van der Waals surface area contributed by atoms with E-state index >= 15 is 0 Å². The monoisotopic (exact) mass is 259 g/mol. The van der Waals surface area contributed by atoms with Crippen molar-refractivity contribution in [1.82, 2.24) is 0 Å². The first kappa shape index (κ1) is 11.3. The van der Waals surface area contributed by atoms with Gasteiger partial charge in [-0.15, -0.1) is 0 Å². The molecule has 3 rings (SSSR count). The van der Waals surface area contributed by atoms with E-state index in [2.05, 4.69) is 5.32 Å². The van der Waals surface area contributed by atoms with Crippen molar-refractivity contribution in [2.75, 3.05) is 11.1 Å². The minimum absolute atomic E-state index is 0.105. The van der Waals surface area contributed by atoms with E-state index in [9.17, 15) is 8.42 Å². The van der Waals surface area contributed by atoms with E-state index in [1.165, 1.54) is 0 Å². The van der Waals surface area contributed by atoms with Crippen molar-refractivity contribution in [2.45, 2.75) is 10.9 Å². The number of hydrogen-bond acceptors (Lipinski definition) is 3. The highest BCUT2D eigenvalue weighted by atomic mass is 32.2. The molecular weight excluding hydrogens is 246 g/mol. The molecule has 2 aromatic rings. The van der Waals surface area contributed by atoms with Gasteiger partial charge >= 0.3 is 0 Å². The Balaban J connectivity index is 2.06. The van der Waals surface area contributed by atoms with E-state index in [1.807, 2.05) is 42.5 Å². The number of anilines is 1.